The van der Waals surface area contributed by atoms with Crippen molar-refractivity contribution in [1.82, 2.24) is 5.32 Å². The molecular formula is C18H25NO. The van der Waals surface area contributed by atoms with Crippen LogP contribution in [0, 0.1) is 20.8 Å². The molecule has 1 aromatic heterocycles. The van der Waals surface area contributed by atoms with Crippen LogP contribution < -0.4 is 5.32 Å². The zero-order valence-corrected chi connectivity index (χ0v) is 13.0. The van der Waals surface area contributed by atoms with Crippen LogP contribution in [-0.2, 0) is 6.42 Å². The van der Waals surface area contributed by atoms with Crippen LogP contribution in [0.15, 0.2) is 34.9 Å². The summed E-state index contributed by atoms with van der Waals surface area (Å²) in [7, 11) is 0. The second kappa shape index (κ2) is 6.76. The highest BCUT2D eigenvalue weighted by molar-refractivity contribution is 5.30. The van der Waals surface area contributed by atoms with E-state index in [1.54, 1.807) is 6.26 Å². The summed E-state index contributed by atoms with van der Waals surface area (Å²) >= 11 is 0. The van der Waals surface area contributed by atoms with E-state index in [9.17, 15) is 0 Å². The molecule has 1 heterocycles. The lowest BCUT2D eigenvalue weighted by atomic mass is 9.98. The van der Waals surface area contributed by atoms with Crippen LogP contribution in [-0.4, -0.2) is 6.54 Å². The zero-order valence-electron chi connectivity index (χ0n) is 13.0. The third kappa shape index (κ3) is 3.73. The van der Waals surface area contributed by atoms with E-state index in [0.717, 1.165) is 25.1 Å². The normalized spacial score (nSPS) is 12.6. The number of nitrogens with one attached hydrogen (secondary N) is 1. The lowest BCUT2D eigenvalue weighted by molar-refractivity contribution is 0.408. The van der Waals surface area contributed by atoms with Crippen molar-refractivity contribution >= 4 is 0 Å². The molecule has 0 amide bonds. The fraction of sp³-hybridized carbons (Fsp3) is 0.444. The van der Waals surface area contributed by atoms with Crippen LogP contribution in [0.2, 0.25) is 0 Å². The molecule has 2 aromatic rings. The van der Waals surface area contributed by atoms with Gasteiger partial charge < -0.3 is 9.73 Å². The van der Waals surface area contributed by atoms with Gasteiger partial charge in [-0.15, -0.1) is 0 Å². The van der Waals surface area contributed by atoms with Gasteiger partial charge in [0.1, 0.15) is 5.76 Å². The lowest BCUT2D eigenvalue weighted by Gasteiger charge is -2.18. The smallest absolute Gasteiger partial charge is 0.123 e. The number of rotatable bonds is 6. The van der Waals surface area contributed by atoms with Gasteiger partial charge in [-0.2, -0.15) is 0 Å². The van der Waals surface area contributed by atoms with Gasteiger partial charge in [-0.3, -0.25) is 0 Å². The first-order valence-electron chi connectivity index (χ1n) is 7.44. The Bertz CT molecular complexity index is 536. The van der Waals surface area contributed by atoms with E-state index in [0.29, 0.717) is 0 Å². The monoisotopic (exact) mass is 271 g/mol. The van der Waals surface area contributed by atoms with Crippen molar-refractivity contribution in [1.29, 1.82) is 0 Å². The molecule has 0 aliphatic carbocycles. The SMILES string of the molecule is CCCNC(Cc1cc(C)cc(C)c1)c1occc1C. The summed E-state index contributed by atoms with van der Waals surface area (Å²) in [4.78, 5) is 0. The van der Waals surface area contributed by atoms with Crippen LogP contribution in [0.4, 0.5) is 0 Å². The lowest BCUT2D eigenvalue weighted by Crippen LogP contribution is -2.24. The summed E-state index contributed by atoms with van der Waals surface area (Å²) in [5.74, 6) is 1.07. The molecule has 1 aromatic carbocycles. The molecule has 2 rings (SSSR count). The summed E-state index contributed by atoms with van der Waals surface area (Å²) in [6.07, 6.45) is 3.88. The summed E-state index contributed by atoms with van der Waals surface area (Å²) in [6, 6.07) is 9.05. The fourth-order valence-corrected chi connectivity index (χ4v) is 2.74. The quantitative estimate of drug-likeness (QED) is 0.837. The summed E-state index contributed by atoms with van der Waals surface area (Å²) in [5, 5.41) is 3.61. The molecule has 0 bridgehead atoms. The Kier molecular flexibility index (Phi) is 5.02. The molecule has 108 valence electrons. The van der Waals surface area contributed by atoms with Crippen molar-refractivity contribution in [3.63, 3.8) is 0 Å². The van der Waals surface area contributed by atoms with Crippen LogP contribution in [0.3, 0.4) is 0 Å². The maximum atomic E-state index is 5.69. The maximum absolute atomic E-state index is 5.69. The molecule has 0 saturated carbocycles. The minimum atomic E-state index is 0.256. The van der Waals surface area contributed by atoms with Gasteiger partial charge in [0.15, 0.2) is 0 Å². The molecule has 0 aliphatic heterocycles. The Hall–Kier alpha value is -1.54. The van der Waals surface area contributed by atoms with Crippen molar-refractivity contribution in [3.05, 3.63) is 58.5 Å². The standard InChI is InChI=1S/C18H25NO/c1-5-7-19-17(18-15(4)6-8-20-18)12-16-10-13(2)9-14(3)11-16/h6,8-11,17,19H,5,7,12H2,1-4H3. The van der Waals surface area contributed by atoms with Gasteiger partial charge in [-0.1, -0.05) is 36.2 Å². The molecule has 0 saturated heterocycles. The average molecular weight is 271 g/mol. The average Bonchev–Trinajstić information content (AvgIpc) is 2.79. The predicted octanol–water partition coefficient (Wildman–Crippen LogP) is 4.49. The van der Waals surface area contributed by atoms with Crippen LogP contribution in [0.5, 0.6) is 0 Å². The number of furan rings is 1. The summed E-state index contributed by atoms with van der Waals surface area (Å²) < 4.78 is 5.69. The number of hydrogen-bond donors (Lipinski definition) is 1. The summed E-state index contributed by atoms with van der Waals surface area (Å²) in [6.45, 7) is 9.62. The number of hydrogen-bond acceptors (Lipinski definition) is 2. The van der Waals surface area contributed by atoms with E-state index >= 15 is 0 Å². The van der Waals surface area contributed by atoms with E-state index in [1.807, 2.05) is 6.07 Å². The van der Waals surface area contributed by atoms with Gasteiger partial charge in [0.05, 0.1) is 12.3 Å². The Morgan fingerprint density at radius 1 is 1.10 bits per heavy atom. The second-order valence-electron chi connectivity index (χ2n) is 5.67. The van der Waals surface area contributed by atoms with Crippen LogP contribution in [0.25, 0.3) is 0 Å². The van der Waals surface area contributed by atoms with Gasteiger partial charge in [0.25, 0.3) is 0 Å². The molecular weight excluding hydrogens is 246 g/mol. The third-order valence-electron chi connectivity index (χ3n) is 3.58. The Morgan fingerprint density at radius 2 is 1.80 bits per heavy atom. The fourth-order valence-electron chi connectivity index (χ4n) is 2.74. The molecule has 1 atom stereocenters. The van der Waals surface area contributed by atoms with Crippen molar-refractivity contribution in [2.45, 2.75) is 46.6 Å². The van der Waals surface area contributed by atoms with E-state index in [2.05, 4.69) is 51.2 Å². The van der Waals surface area contributed by atoms with Gasteiger partial charge in [0.2, 0.25) is 0 Å². The minimum absolute atomic E-state index is 0.256. The van der Waals surface area contributed by atoms with E-state index in [4.69, 9.17) is 4.42 Å². The third-order valence-corrected chi connectivity index (χ3v) is 3.58. The molecule has 2 heteroatoms. The van der Waals surface area contributed by atoms with E-state index < -0.39 is 0 Å². The molecule has 2 nitrogen and oxygen atoms in total. The highest BCUT2D eigenvalue weighted by atomic mass is 16.3. The zero-order chi connectivity index (χ0) is 14.5. The Morgan fingerprint density at radius 3 is 2.35 bits per heavy atom. The molecule has 0 radical (unpaired) electrons. The van der Waals surface area contributed by atoms with Crippen molar-refractivity contribution in [3.8, 4) is 0 Å². The van der Waals surface area contributed by atoms with Crippen LogP contribution >= 0.6 is 0 Å². The predicted molar refractivity (Wildman–Crippen MR) is 84.1 cm³/mol. The first-order valence-corrected chi connectivity index (χ1v) is 7.44. The highest BCUT2D eigenvalue weighted by Crippen LogP contribution is 2.23. The van der Waals surface area contributed by atoms with Crippen LogP contribution in [0.1, 0.15) is 47.4 Å². The van der Waals surface area contributed by atoms with Crippen molar-refractivity contribution in [2.75, 3.05) is 6.54 Å². The van der Waals surface area contributed by atoms with Crippen molar-refractivity contribution in [2.24, 2.45) is 0 Å². The first-order chi connectivity index (χ1) is 9.60. The van der Waals surface area contributed by atoms with Gasteiger partial charge >= 0.3 is 0 Å². The number of aryl methyl sites for hydroxylation is 3. The topological polar surface area (TPSA) is 25.2 Å². The number of benzene rings is 1. The molecule has 0 aliphatic rings. The Labute approximate surface area is 122 Å². The van der Waals surface area contributed by atoms with E-state index in [1.165, 1.54) is 22.3 Å². The Balaban J connectivity index is 2.21. The molecule has 1 unspecified atom stereocenters. The molecule has 1 N–H and O–H groups in total. The first kappa shape index (κ1) is 14.9. The minimum Gasteiger partial charge on any atom is -0.467 e. The highest BCUT2D eigenvalue weighted by Gasteiger charge is 2.17. The maximum Gasteiger partial charge on any atom is 0.123 e. The molecule has 0 fully saturated rings. The van der Waals surface area contributed by atoms with Gasteiger partial charge in [-0.25, -0.2) is 0 Å². The van der Waals surface area contributed by atoms with Gasteiger partial charge in [0, 0.05) is 0 Å². The largest absolute Gasteiger partial charge is 0.467 e. The summed E-state index contributed by atoms with van der Waals surface area (Å²) in [5.41, 5.74) is 5.24. The van der Waals surface area contributed by atoms with E-state index in [-0.39, 0.29) is 6.04 Å². The van der Waals surface area contributed by atoms with Gasteiger partial charge in [-0.05, 0) is 57.4 Å². The molecule has 20 heavy (non-hydrogen) atoms. The molecule has 0 spiro atoms. The van der Waals surface area contributed by atoms with Crippen molar-refractivity contribution < 1.29 is 4.42 Å². The second-order valence-corrected chi connectivity index (χ2v) is 5.67.